The van der Waals surface area contributed by atoms with Crippen LogP contribution >= 0.6 is 0 Å². The molecule has 2 aromatic carbocycles. The Morgan fingerprint density at radius 2 is 1.94 bits per heavy atom. The van der Waals surface area contributed by atoms with Crippen LogP contribution in [0.3, 0.4) is 0 Å². The van der Waals surface area contributed by atoms with E-state index in [1.807, 2.05) is 18.1 Å². The minimum atomic E-state index is -4.57. The molecule has 0 aliphatic rings. The van der Waals surface area contributed by atoms with E-state index >= 15 is 0 Å². The van der Waals surface area contributed by atoms with E-state index in [-0.39, 0.29) is 23.1 Å². The number of pyridine rings is 1. The monoisotopic (exact) mass is 440 g/mol. The van der Waals surface area contributed by atoms with E-state index in [2.05, 4.69) is 10.4 Å². The molecule has 2 N–H and O–H groups in total. The highest BCUT2D eigenvalue weighted by Crippen LogP contribution is 2.36. The first-order valence-corrected chi connectivity index (χ1v) is 9.78. The Morgan fingerprint density at radius 1 is 1.16 bits per heavy atom. The van der Waals surface area contributed by atoms with Crippen molar-refractivity contribution in [3.8, 4) is 11.1 Å². The number of halogens is 3. The highest BCUT2D eigenvalue weighted by atomic mass is 19.4. The summed E-state index contributed by atoms with van der Waals surface area (Å²) in [6, 6.07) is 12.8. The van der Waals surface area contributed by atoms with Crippen LogP contribution < -0.4 is 10.9 Å². The number of carbonyl (C=O) groups excluding carboxylic acids is 1. The van der Waals surface area contributed by atoms with Gasteiger partial charge in [-0.1, -0.05) is 18.2 Å². The molecule has 0 radical (unpaired) electrons. The number of aromatic amines is 1. The maximum absolute atomic E-state index is 13.2. The van der Waals surface area contributed by atoms with Crippen LogP contribution in [-0.4, -0.2) is 27.7 Å². The molecule has 0 saturated carbocycles. The van der Waals surface area contributed by atoms with Gasteiger partial charge in [0.15, 0.2) is 0 Å². The van der Waals surface area contributed by atoms with Gasteiger partial charge in [0.25, 0.3) is 11.5 Å². The highest BCUT2D eigenvalue weighted by molar-refractivity contribution is 5.94. The molecule has 0 bridgehead atoms. The molecule has 164 valence electrons. The van der Waals surface area contributed by atoms with Crippen molar-refractivity contribution < 1.29 is 18.0 Å². The Kier molecular flexibility index (Phi) is 5.33. The van der Waals surface area contributed by atoms with Gasteiger partial charge in [-0.15, -0.1) is 0 Å². The second kappa shape index (κ2) is 7.99. The predicted molar refractivity (Wildman–Crippen MR) is 114 cm³/mol. The zero-order valence-electron chi connectivity index (χ0n) is 17.2. The van der Waals surface area contributed by atoms with Crippen LogP contribution in [0.25, 0.3) is 21.9 Å². The van der Waals surface area contributed by atoms with Crippen molar-refractivity contribution in [2.45, 2.75) is 19.1 Å². The third-order valence-electron chi connectivity index (χ3n) is 5.44. The van der Waals surface area contributed by atoms with E-state index in [0.717, 1.165) is 11.8 Å². The molecule has 6 nitrogen and oxygen atoms in total. The summed E-state index contributed by atoms with van der Waals surface area (Å²) >= 11 is 0. The van der Waals surface area contributed by atoms with Crippen molar-refractivity contribution in [2.24, 2.45) is 0 Å². The van der Waals surface area contributed by atoms with Crippen LogP contribution in [0, 0.1) is 0 Å². The molecule has 2 aromatic heterocycles. The standard InChI is InChI=1S/C23H19F3N4O2/c1-13(14-4-3-5-17(10-14)21(31)27-2)30-9-8-16-11-15(6-7-18(16)22(30)32)19-12-28-29-20(19)23(24,25)26/h3-13H,1-2H3,(H,27,31)(H,28,29). The summed E-state index contributed by atoms with van der Waals surface area (Å²) in [7, 11) is 1.54. The summed E-state index contributed by atoms with van der Waals surface area (Å²) in [6.07, 6.45) is -1.85. The molecular formula is C23H19F3N4O2. The van der Waals surface area contributed by atoms with Gasteiger partial charge < -0.3 is 9.88 Å². The van der Waals surface area contributed by atoms with E-state index in [4.69, 9.17) is 0 Å². The Labute approximate surface area is 180 Å². The summed E-state index contributed by atoms with van der Waals surface area (Å²) in [6.45, 7) is 1.84. The summed E-state index contributed by atoms with van der Waals surface area (Å²) < 4.78 is 41.1. The quantitative estimate of drug-likeness (QED) is 0.494. The molecule has 0 fully saturated rings. The van der Waals surface area contributed by atoms with Crippen LogP contribution in [0.4, 0.5) is 13.2 Å². The first kappa shape index (κ1) is 21.4. The molecule has 4 rings (SSSR count). The van der Waals surface area contributed by atoms with Crippen molar-refractivity contribution in [3.63, 3.8) is 0 Å². The zero-order valence-corrected chi connectivity index (χ0v) is 17.2. The average Bonchev–Trinajstić information content (AvgIpc) is 3.29. The lowest BCUT2D eigenvalue weighted by Crippen LogP contribution is -2.24. The van der Waals surface area contributed by atoms with Crippen LogP contribution in [0.15, 0.2) is 65.7 Å². The SMILES string of the molecule is CNC(=O)c1cccc(C(C)n2ccc3cc(-c4cn[nH]c4C(F)(F)F)ccc3c2=O)c1. The van der Waals surface area contributed by atoms with Gasteiger partial charge in [0.05, 0.1) is 12.2 Å². The average molecular weight is 440 g/mol. The molecular weight excluding hydrogens is 421 g/mol. The number of nitrogens with one attached hydrogen (secondary N) is 2. The van der Waals surface area contributed by atoms with Crippen LogP contribution in [-0.2, 0) is 6.18 Å². The minimum Gasteiger partial charge on any atom is -0.355 e. The van der Waals surface area contributed by atoms with Gasteiger partial charge in [-0.2, -0.15) is 18.3 Å². The van der Waals surface area contributed by atoms with Crippen LogP contribution in [0.2, 0.25) is 0 Å². The van der Waals surface area contributed by atoms with E-state index in [9.17, 15) is 22.8 Å². The predicted octanol–water partition coefficient (Wildman–Crippen LogP) is 4.38. The Hall–Kier alpha value is -3.88. The van der Waals surface area contributed by atoms with E-state index in [1.54, 1.807) is 37.5 Å². The van der Waals surface area contributed by atoms with E-state index in [1.165, 1.54) is 22.8 Å². The van der Waals surface area contributed by atoms with Gasteiger partial charge in [0.1, 0.15) is 5.69 Å². The van der Waals surface area contributed by atoms with Gasteiger partial charge in [-0.05, 0) is 53.8 Å². The summed E-state index contributed by atoms with van der Waals surface area (Å²) in [5.41, 5.74) is 0.267. The van der Waals surface area contributed by atoms with Crippen LogP contribution in [0.5, 0.6) is 0 Å². The number of alkyl halides is 3. The molecule has 0 saturated heterocycles. The fourth-order valence-electron chi connectivity index (χ4n) is 3.70. The maximum Gasteiger partial charge on any atom is 0.433 e. The highest BCUT2D eigenvalue weighted by Gasteiger charge is 2.35. The van der Waals surface area contributed by atoms with Crippen LogP contribution in [0.1, 0.15) is 34.6 Å². The van der Waals surface area contributed by atoms with Crippen molar-refractivity contribution in [1.29, 1.82) is 0 Å². The summed E-state index contributed by atoms with van der Waals surface area (Å²) in [5.74, 6) is -0.227. The topological polar surface area (TPSA) is 79.8 Å². The fraction of sp³-hybridized carbons (Fsp3) is 0.174. The van der Waals surface area contributed by atoms with Gasteiger partial charge in [0.2, 0.25) is 0 Å². The third kappa shape index (κ3) is 3.77. The maximum atomic E-state index is 13.2. The fourth-order valence-corrected chi connectivity index (χ4v) is 3.70. The molecule has 2 heterocycles. The normalized spacial score (nSPS) is 12.7. The minimum absolute atomic E-state index is 0.0806. The molecule has 9 heteroatoms. The third-order valence-corrected chi connectivity index (χ3v) is 5.44. The molecule has 1 unspecified atom stereocenters. The number of fused-ring (bicyclic) bond motifs is 1. The van der Waals surface area contributed by atoms with Crippen molar-refractivity contribution in [2.75, 3.05) is 7.05 Å². The lowest BCUT2D eigenvalue weighted by atomic mass is 10.0. The molecule has 0 aliphatic heterocycles. The molecule has 0 spiro atoms. The van der Waals surface area contributed by atoms with Gasteiger partial charge in [0, 0.05) is 29.8 Å². The number of aromatic nitrogens is 3. The lowest BCUT2D eigenvalue weighted by Gasteiger charge is -2.17. The molecule has 0 aliphatic carbocycles. The van der Waals surface area contributed by atoms with Gasteiger partial charge >= 0.3 is 6.18 Å². The molecule has 1 amide bonds. The largest absolute Gasteiger partial charge is 0.433 e. The van der Waals surface area contributed by atoms with Crippen molar-refractivity contribution in [3.05, 3.63) is 88.1 Å². The second-order valence-corrected chi connectivity index (χ2v) is 7.37. The molecule has 4 aromatic rings. The smallest absolute Gasteiger partial charge is 0.355 e. The number of rotatable bonds is 4. The number of hydrogen-bond acceptors (Lipinski definition) is 3. The second-order valence-electron chi connectivity index (χ2n) is 7.37. The lowest BCUT2D eigenvalue weighted by molar-refractivity contribution is -0.140. The number of amides is 1. The van der Waals surface area contributed by atoms with Crippen molar-refractivity contribution >= 4 is 16.7 Å². The Bertz CT molecular complexity index is 1370. The Morgan fingerprint density at radius 3 is 2.66 bits per heavy atom. The number of benzene rings is 2. The number of nitrogens with zero attached hydrogens (tertiary/aromatic N) is 2. The molecule has 32 heavy (non-hydrogen) atoms. The Balaban J connectivity index is 1.75. The van der Waals surface area contributed by atoms with E-state index in [0.29, 0.717) is 21.9 Å². The summed E-state index contributed by atoms with van der Waals surface area (Å²) in [4.78, 5) is 25.1. The van der Waals surface area contributed by atoms with E-state index < -0.39 is 11.9 Å². The van der Waals surface area contributed by atoms with Gasteiger partial charge in [-0.3, -0.25) is 14.7 Å². The van der Waals surface area contributed by atoms with Gasteiger partial charge in [-0.25, -0.2) is 0 Å². The first-order valence-electron chi connectivity index (χ1n) is 9.78. The zero-order chi connectivity index (χ0) is 23.0. The summed E-state index contributed by atoms with van der Waals surface area (Å²) in [5, 5.41) is 8.98. The number of hydrogen-bond donors (Lipinski definition) is 2. The molecule has 1 atom stereocenters. The first-order chi connectivity index (χ1) is 15.2. The number of carbonyl (C=O) groups is 1. The van der Waals surface area contributed by atoms with Crippen molar-refractivity contribution in [1.82, 2.24) is 20.1 Å². The number of H-pyrrole nitrogens is 1.